The lowest BCUT2D eigenvalue weighted by atomic mass is 10.0. The second-order valence-electron chi connectivity index (χ2n) is 9.83. The molecular weight excluding hydrogens is 398 g/mol. The Kier molecular flexibility index (Phi) is 24.5. The maximum Gasteiger partial charge on any atom is 0.220 e. The molecule has 0 aliphatic rings. The molecule has 0 rings (SSSR count). The lowest BCUT2D eigenvalue weighted by Crippen LogP contribution is -2.45. The number of hydrogen-bond donors (Lipinski definition) is 3. The van der Waals surface area contributed by atoms with E-state index in [0.717, 1.165) is 25.7 Å². The molecule has 0 aliphatic heterocycles. The first-order valence-corrected chi connectivity index (χ1v) is 14.2. The van der Waals surface area contributed by atoms with Crippen molar-refractivity contribution in [1.82, 2.24) is 5.32 Å². The molecule has 0 heterocycles. The number of carbonyl (C=O) groups excluding carboxylic acids is 1. The van der Waals surface area contributed by atoms with E-state index < -0.39 is 12.1 Å². The zero-order valence-corrected chi connectivity index (χ0v) is 21.7. The molecule has 0 aromatic carbocycles. The van der Waals surface area contributed by atoms with E-state index in [0.29, 0.717) is 12.8 Å². The van der Waals surface area contributed by atoms with Crippen LogP contribution in [0.5, 0.6) is 0 Å². The SMILES string of the molecule is CCCCCCCCCCCCCC(=O)NC(CO)C(O)CCCCCCCCCCC. The van der Waals surface area contributed by atoms with Gasteiger partial charge in [-0.25, -0.2) is 0 Å². The van der Waals surface area contributed by atoms with E-state index in [2.05, 4.69) is 19.2 Å². The van der Waals surface area contributed by atoms with Gasteiger partial charge in [-0.2, -0.15) is 0 Å². The Morgan fingerprint density at radius 3 is 1.41 bits per heavy atom. The maximum atomic E-state index is 12.2. The molecule has 0 aliphatic carbocycles. The topological polar surface area (TPSA) is 69.6 Å². The quantitative estimate of drug-likeness (QED) is 0.125. The molecule has 0 fully saturated rings. The van der Waals surface area contributed by atoms with Crippen molar-refractivity contribution in [2.75, 3.05) is 6.61 Å². The van der Waals surface area contributed by atoms with Crippen molar-refractivity contribution >= 4 is 5.91 Å². The van der Waals surface area contributed by atoms with Gasteiger partial charge in [0.25, 0.3) is 0 Å². The Morgan fingerprint density at radius 1 is 0.625 bits per heavy atom. The average molecular weight is 456 g/mol. The third-order valence-corrected chi connectivity index (χ3v) is 6.62. The first kappa shape index (κ1) is 31.4. The Bertz CT molecular complexity index is 389. The summed E-state index contributed by atoms with van der Waals surface area (Å²) in [7, 11) is 0. The van der Waals surface area contributed by atoms with E-state index in [1.54, 1.807) is 0 Å². The van der Waals surface area contributed by atoms with Crippen molar-refractivity contribution in [1.29, 1.82) is 0 Å². The third kappa shape index (κ3) is 21.2. The number of rotatable bonds is 25. The Labute approximate surface area is 200 Å². The molecule has 2 atom stereocenters. The number of hydrogen-bond acceptors (Lipinski definition) is 3. The van der Waals surface area contributed by atoms with Crippen LogP contribution in [-0.2, 0) is 4.79 Å². The van der Waals surface area contributed by atoms with Gasteiger partial charge in [0, 0.05) is 6.42 Å². The van der Waals surface area contributed by atoms with Crippen LogP contribution in [0.2, 0.25) is 0 Å². The van der Waals surface area contributed by atoms with E-state index in [9.17, 15) is 15.0 Å². The van der Waals surface area contributed by atoms with Crippen molar-refractivity contribution in [2.24, 2.45) is 0 Å². The molecular formula is C28H57NO3. The van der Waals surface area contributed by atoms with Crippen LogP contribution in [0.15, 0.2) is 0 Å². The van der Waals surface area contributed by atoms with Gasteiger partial charge in [0.2, 0.25) is 5.91 Å². The summed E-state index contributed by atoms with van der Waals surface area (Å²) in [5.74, 6) is -0.0360. The minimum Gasteiger partial charge on any atom is -0.394 e. The van der Waals surface area contributed by atoms with Crippen molar-refractivity contribution in [2.45, 2.75) is 167 Å². The Hall–Kier alpha value is -0.610. The summed E-state index contributed by atoms with van der Waals surface area (Å²) in [5, 5.41) is 22.8. The number of unbranched alkanes of at least 4 members (excludes halogenated alkanes) is 18. The summed E-state index contributed by atoms with van der Waals surface area (Å²) in [5.41, 5.74) is 0. The summed E-state index contributed by atoms with van der Waals surface area (Å²) in [6.45, 7) is 4.31. The van der Waals surface area contributed by atoms with Crippen LogP contribution >= 0.6 is 0 Å². The zero-order chi connectivity index (χ0) is 23.7. The number of aliphatic hydroxyl groups excluding tert-OH is 2. The highest BCUT2D eigenvalue weighted by molar-refractivity contribution is 5.76. The van der Waals surface area contributed by atoms with Gasteiger partial charge >= 0.3 is 0 Å². The molecule has 3 N–H and O–H groups in total. The molecule has 0 saturated carbocycles. The normalized spacial score (nSPS) is 13.2. The monoisotopic (exact) mass is 455 g/mol. The van der Waals surface area contributed by atoms with Crippen LogP contribution in [0, 0.1) is 0 Å². The van der Waals surface area contributed by atoms with E-state index in [4.69, 9.17) is 0 Å². The largest absolute Gasteiger partial charge is 0.394 e. The van der Waals surface area contributed by atoms with Crippen molar-refractivity contribution < 1.29 is 15.0 Å². The number of aliphatic hydroxyl groups is 2. The lowest BCUT2D eigenvalue weighted by molar-refractivity contribution is -0.123. The minimum absolute atomic E-state index is 0.0360. The van der Waals surface area contributed by atoms with Crippen molar-refractivity contribution in [3.05, 3.63) is 0 Å². The van der Waals surface area contributed by atoms with Crippen LogP contribution in [0.25, 0.3) is 0 Å². The molecule has 0 aromatic heterocycles. The molecule has 0 spiro atoms. The fourth-order valence-corrected chi connectivity index (χ4v) is 4.36. The molecule has 4 nitrogen and oxygen atoms in total. The first-order valence-electron chi connectivity index (χ1n) is 14.2. The van der Waals surface area contributed by atoms with Gasteiger partial charge in [-0.1, -0.05) is 136 Å². The van der Waals surface area contributed by atoms with Gasteiger partial charge in [-0.15, -0.1) is 0 Å². The molecule has 32 heavy (non-hydrogen) atoms. The predicted molar refractivity (Wildman–Crippen MR) is 138 cm³/mol. The van der Waals surface area contributed by atoms with Crippen molar-refractivity contribution in [3.8, 4) is 0 Å². The summed E-state index contributed by atoms with van der Waals surface area (Å²) >= 11 is 0. The van der Waals surface area contributed by atoms with Crippen LogP contribution in [0.1, 0.15) is 155 Å². The van der Waals surface area contributed by atoms with E-state index in [1.165, 1.54) is 103 Å². The highest BCUT2D eigenvalue weighted by Crippen LogP contribution is 2.14. The fourth-order valence-electron chi connectivity index (χ4n) is 4.36. The first-order chi connectivity index (χ1) is 15.7. The average Bonchev–Trinajstić information content (AvgIpc) is 2.79. The van der Waals surface area contributed by atoms with Crippen LogP contribution in [-0.4, -0.2) is 34.9 Å². The Morgan fingerprint density at radius 2 is 1.00 bits per heavy atom. The molecule has 0 saturated heterocycles. The zero-order valence-electron chi connectivity index (χ0n) is 21.7. The van der Waals surface area contributed by atoms with Gasteiger partial charge in [0.15, 0.2) is 0 Å². The smallest absolute Gasteiger partial charge is 0.220 e. The third-order valence-electron chi connectivity index (χ3n) is 6.62. The van der Waals surface area contributed by atoms with Crippen molar-refractivity contribution in [3.63, 3.8) is 0 Å². The second-order valence-corrected chi connectivity index (χ2v) is 9.83. The lowest BCUT2D eigenvalue weighted by Gasteiger charge is -2.22. The summed E-state index contributed by atoms with van der Waals surface area (Å²) in [6, 6.07) is -0.524. The standard InChI is InChI=1S/C28H57NO3/c1-3-5-7-9-11-13-14-16-18-20-22-24-28(32)29-26(25-30)27(31)23-21-19-17-15-12-10-8-6-4-2/h26-27,30-31H,3-25H2,1-2H3,(H,29,32). The number of amides is 1. The molecule has 0 bridgehead atoms. The van der Waals surface area contributed by atoms with Crippen LogP contribution in [0.4, 0.5) is 0 Å². The van der Waals surface area contributed by atoms with Crippen LogP contribution < -0.4 is 5.32 Å². The molecule has 4 heteroatoms. The maximum absolute atomic E-state index is 12.2. The van der Waals surface area contributed by atoms with E-state index in [-0.39, 0.29) is 12.5 Å². The minimum atomic E-state index is -0.647. The highest BCUT2D eigenvalue weighted by Gasteiger charge is 2.19. The number of nitrogens with one attached hydrogen (secondary N) is 1. The fraction of sp³-hybridized carbons (Fsp3) is 0.964. The molecule has 192 valence electrons. The number of carbonyl (C=O) groups is 1. The predicted octanol–water partition coefficient (Wildman–Crippen LogP) is 7.45. The van der Waals surface area contributed by atoms with Gasteiger partial charge in [0.05, 0.1) is 18.8 Å². The van der Waals surface area contributed by atoms with Gasteiger partial charge < -0.3 is 15.5 Å². The summed E-state index contributed by atoms with van der Waals surface area (Å²) in [4.78, 5) is 12.2. The molecule has 0 aromatic rings. The molecule has 0 radical (unpaired) electrons. The molecule has 1 amide bonds. The van der Waals surface area contributed by atoms with Gasteiger partial charge in [-0.05, 0) is 12.8 Å². The summed E-state index contributed by atoms with van der Waals surface area (Å²) in [6.07, 6.45) is 25.7. The highest BCUT2D eigenvalue weighted by atomic mass is 16.3. The summed E-state index contributed by atoms with van der Waals surface area (Å²) < 4.78 is 0. The van der Waals surface area contributed by atoms with E-state index >= 15 is 0 Å². The van der Waals surface area contributed by atoms with Gasteiger partial charge in [0.1, 0.15) is 0 Å². The second kappa shape index (κ2) is 25.0. The van der Waals surface area contributed by atoms with Crippen LogP contribution in [0.3, 0.4) is 0 Å². The molecule has 2 unspecified atom stereocenters. The Balaban J connectivity index is 3.61. The van der Waals surface area contributed by atoms with E-state index in [1.807, 2.05) is 0 Å². The van der Waals surface area contributed by atoms with Gasteiger partial charge in [-0.3, -0.25) is 4.79 Å².